The molecule has 0 spiro atoms. The summed E-state index contributed by atoms with van der Waals surface area (Å²) in [5.41, 5.74) is 1.85. The fourth-order valence-corrected chi connectivity index (χ4v) is 1.68. The number of benzene rings is 1. The molecule has 0 fully saturated rings. The van der Waals surface area contributed by atoms with Crippen molar-refractivity contribution in [3.05, 3.63) is 47.2 Å². The second-order valence-corrected chi connectivity index (χ2v) is 4.70. The Morgan fingerprint density at radius 1 is 1.33 bits per heavy atom. The van der Waals surface area contributed by atoms with Crippen LogP contribution in [-0.4, -0.2) is 23.4 Å². The van der Waals surface area contributed by atoms with Gasteiger partial charge in [-0.2, -0.15) is 5.26 Å². The van der Waals surface area contributed by atoms with Crippen molar-refractivity contribution >= 4 is 17.5 Å². The fourth-order valence-electron chi connectivity index (χ4n) is 1.55. The number of carbonyl (C=O) groups is 1. The maximum absolute atomic E-state index is 11.7. The summed E-state index contributed by atoms with van der Waals surface area (Å²) in [4.78, 5) is 11.7. The van der Waals surface area contributed by atoms with Crippen LogP contribution in [0.3, 0.4) is 0 Å². The van der Waals surface area contributed by atoms with Gasteiger partial charge in [0.25, 0.3) is 5.91 Å². The first-order chi connectivity index (χ1) is 10.2. The minimum atomic E-state index is -0.411. The second kappa shape index (κ2) is 9.81. The summed E-state index contributed by atoms with van der Waals surface area (Å²) in [6, 6.07) is 9.25. The average Bonchev–Trinajstić information content (AvgIpc) is 2.52. The number of nitrogens with zero attached hydrogens (tertiary/aromatic N) is 1. The van der Waals surface area contributed by atoms with Crippen molar-refractivity contribution in [2.45, 2.75) is 19.6 Å². The highest BCUT2D eigenvalue weighted by Gasteiger charge is 2.07. The third kappa shape index (κ3) is 6.30. The highest BCUT2D eigenvalue weighted by molar-refractivity contribution is 6.17. The van der Waals surface area contributed by atoms with Gasteiger partial charge in [-0.3, -0.25) is 4.79 Å². The Bertz CT molecular complexity index is 521. The molecule has 0 bridgehead atoms. The highest BCUT2D eigenvalue weighted by atomic mass is 35.5. The summed E-state index contributed by atoms with van der Waals surface area (Å²) in [5, 5.41) is 23.4. The summed E-state index contributed by atoms with van der Waals surface area (Å²) < 4.78 is 0. The van der Waals surface area contributed by atoms with Gasteiger partial charge in [0.1, 0.15) is 11.6 Å². The van der Waals surface area contributed by atoms with E-state index in [1.807, 2.05) is 30.3 Å². The van der Waals surface area contributed by atoms with E-state index >= 15 is 0 Å². The summed E-state index contributed by atoms with van der Waals surface area (Å²) in [6.45, 7) is 0.949. The molecule has 112 valence electrons. The highest BCUT2D eigenvalue weighted by Crippen LogP contribution is 2.04. The first-order valence-electron chi connectivity index (χ1n) is 6.57. The van der Waals surface area contributed by atoms with E-state index in [1.54, 1.807) is 0 Å². The molecule has 1 aromatic carbocycles. The van der Waals surface area contributed by atoms with E-state index in [-0.39, 0.29) is 12.2 Å². The van der Waals surface area contributed by atoms with E-state index in [1.165, 1.54) is 6.20 Å². The first-order valence-corrected chi connectivity index (χ1v) is 7.11. The van der Waals surface area contributed by atoms with Crippen molar-refractivity contribution in [2.24, 2.45) is 0 Å². The number of hydrogen-bond acceptors (Lipinski definition) is 4. The second-order valence-electron chi connectivity index (χ2n) is 4.32. The van der Waals surface area contributed by atoms with Crippen LogP contribution in [0, 0.1) is 11.3 Å². The predicted octanol–water partition coefficient (Wildman–Crippen LogP) is 1.42. The van der Waals surface area contributed by atoms with Crippen LogP contribution in [0.15, 0.2) is 36.0 Å². The van der Waals surface area contributed by atoms with Crippen LogP contribution < -0.4 is 10.6 Å². The first kappa shape index (κ1) is 17.0. The number of nitrogens with one attached hydrogen (secondary N) is 2. The van der Waals surface area contributed by atoms with E-state index in [2.05, 4.69) is 10.6 Å². The summed E-state index contributed by atoms with van der Waals surface area (Å²) >= 11 is 5.51. The van der Waals surface area contributed by atoms with Gasteiger partial charge in [0.15, 0.2) is 0 Å². The van der Waals surface area contributed by atoms with Gasteiger partial charge < -0.3 is 15.7 Å². The lowest BCUT2D eigenvalue weighted by Gasteiger charge is -2.05. The third-order valence-electron chi connectivity index (χ3n) is 2.72. The third-order valence-corrected chi connectivity index (χ3v) is 2.99. The fraction of sp³-hybridized carbons (Fsp3) is 0.333. The Morgan fingerprint density at radius 3 is 2.57 bits per heavy atom. The monoisotopic (exact) mass is 307 g/mol. The van der Waals surface area contributed by atoms with Crippen LogP contribution >= 0.6 is 11.6 Å². The lowest BCUT2D eigenvalue weighted by atomic mass is 10.1. The molecule has 0 radical (unpaired) electrons. The molecule has 0 saturated carbocycles. The number of rotatable bonds is 8. The van der Waals surface area contributed by atoms with Crippen LogP contribution in [0.1, 0.15) is 17.5 Å². The van der Waals surface area contributed by atoms with Gasteiger partial charge in [0, 0.05) is 25.2 Å². The summed E-state index contributed by atoms with van der Waals surface area (Å²) in [5.74, 6) is 0.0549. The van der Waals surface area contributed by atoms with Crippen molar-refractivity contribution in [2.75, 3.05) is 12.4 Å². The molecule has 0 atom stereocenters. The molecule has 0 aliphatic carbocycles. The summed E-state index contributed by atoms with van der Waals surface area (Å²) in [7, 11) is 0. The molecular formula is C15H18ClN3O2. The smallest absolute Gasteiger partial charge is 0.263 e. The molecule has 1 aromatic rings. The van der Waals surface area contributed by atoms with Gasteiger partial charge in [0.05, 0.1) is 6.61 Å². The zero-order valence-corrected chi connectivity index (χ0v) is 12.4. The number of hydrogen-bond donors (Lipinski definition) is 3. The largest absolute Gasteiger partial charge is 0.392 e. The van der Waals surface area contributed by atoms with Crippen LogP contribution in [0.2, 0.25) is 0 Å². The molecule has 0 heterocycles. The molecule has 0 aliphatic rings. The standard InChI is InChI=1S/C15H18ClN3O2/c16-6-1-7-19-15(21)14(8-17)10-18-9-12-2-4-13(11-20)5-3-12/h2-5,10,18,20H,1,6-7,9,11H2,(H,19,21)/b14-10-. The normalized spacial score (nSPS) is 10.8. The van der Waals surface area contributed by atoms with Crippen LogP contribution in [0.5, 0.6) is 0 Å². The van der Waals surface area contributed by atoms with Gasteiger partial charge in [-0.15, -0.1) is 11.6 Å². The number of halogens is 1. The molecule has 1 rings (SSSR count). The van der Waals surface area contributed by atoms with E-state index < -0.39 is 5.91 Å². The Kier molecular flexibility index (Phi) is 7.95. The van der Waals surface area contributed by atoms with Crippen molar-refractivity contribution in [1.82, 2.24) is 10.6 Å². The van der Waals surface area contributed by atoms with E-state index in [9.17, 15) is 4.79 Å². The van der Waals surface area contributed by atoms with Crippen LogP contribution in [0.25, 0.3) is 0 Å². The average molecular weight is 308 g/mol. The van der Waals surface area contributed by atoms with Gasteiger partial charge >= 0.3 is 0 Å². The number of aliphatic hydroxyl groups is 1. The maximum atomic E-state index is 11.7. The Hall–Kier alpha value is -2.03. The quantitative estimate of drug-likeness (QED) is 0.293. The molecule has 0 aliphatic heterocycles. The Morgan fingerprint density at radius 2 is 2.00 bits per heavy atom. The van der Waals surface area contributed by atoms with Gasteiger partial charge in [-0.25, -0.2) is 0 Å². The molecule has 0 saturated heterocycles. The lowest BCUT2D eigenvalue weighted by Crippen LogP contribution is -2.26. The molecule has 6 heteroatoms. The van der Waals surface area contributed by atoms with E-state index in [0.29, 0.717) is 25.4 Å². The molecule has 3 N–H and O–H groups in total. The van der Waals surface area contributed by atoms with Crippen molar-refractivity contribution in [3.63, 3.8) is 0 Å². The van der Waals surface area contributed by atoms with Crippen LogP contribution in [-0.2, 0) is 17.9 Å². The molecule has 0 unspecified atom stereocenters. The number of carbonyl (C=O) groups excluding carboxylic acids is 1. The predicted molar refractivity (Wildman–Crippen MR) is 81.2 cm³/mol. The van der Waals surface area contributed by atoms with Crippen LogP contribution in [0.4, 0.5) is 0 Å². The molecule has 1 amide bonds. The molecule has 5 nitrogen and oxygen atoms in total. The van der Waals surface area contributed by atoms with Gasteiger partial charge in [-0.05, 0) is 17.5 Å². The van der Waals surface area contributed by atoms with Crippen molar-refractivity contribution < 1.29 is 9.90 Å². The number of amides is 1. The number of nitriles is 1. The Labute approximate surface area is 129 Å². The number of alkyl halides is 1. The minimum Gasteiger partial charge on any atom is -0.392 e. The Balaban J connectivity index is 2.48. The molecule has 0 aromatic heterocycles. The number of aliphatic hydroxyl groups excluding tert-OH is 1. The van der Waals surface area contributed by atoms with Gasteiger partial charge in [0.2, 0.25) is 0 Å². The van der Waals surface area contributed by atoms with Gasteiger partial charge in [-0.1, -0.05) is 24.3 Å². The maximum Gasteiger partial charge on any atom is 0.263 e. The van der Waals surface area contributed by atoms with Crippen molar-refractivity contribution in [1.29, 1.82) is 5.26 Å². The zero-order chi connectivity index (χ0) is 15.5. The minimum absolute atomic E-state index is 0.00860. The molecular weight excluding hydrogens is 290 g/mol. The van der Waals surface area contributed by atoms with E-state index in [4.69, 9.17) is 22.0 Å². The van der Waals surface area contributed by atoms with E-state index in [0.717, 1.165) is 11.1 Å². The SMILES string of the molecule is N#C/C(=C/NCc1ccc(CO)cc1)C(=O)NCCCCl. The summed E-state index contributed by atoms with van der Waals surface area (Å²) in [6.07, 6.45) is 2.06. The van der Waals surface area contributed by atoms with Crippen molar-refractivity contribution in [3.8, 4) is 6.07 Å². The lowest BCUT2D eigenvalue weighted by molar-refractivity contribution is -0.117. The zero-order valence-electron chi connectivity index (χ0n) is 11.6. The molecule has 21 heavy (non-hydrogen) atoms. The topological polar surface area (TPSA) is 85.2 Å².